The number of hydrogen-bond donors (Lipinski definition) is 2. The molecule has 0 bridgehead atoms. The second-order valence-electron chi connectivity index (χ2n) is 5.27. The van der Waals surface area contributed by atoms with Gasteiger partial charge in [0.25, 0.3) is 0 Å². The second-order valence-corrected chi connectivity index (χ2v) is 8.46. The van der Waals surface area contributed by atoms with E-state index in [1.165, 1.54) is 10.4 Å². The molecule has 0 radical (unpaired) electrons. The molecule has 1 fully saturated rings. The largest absolute Gasteiger partial charge is 0.316 e. The lowest BCUT2D eigenvalue weighted by molar-refractivity contribution is 0.402. The molecule has 2 N–H and O–H groups in total. The summed E-state index contributed by atoms with van der Waals surface area (Å²) in [5.41, 5.74) is 1.23. The topological polar surface area (TPSA) is 58.2 Å². The second kappa shape index (κ2) is 6.35. The Labute approximate surface area is 119 Å². The van der Waals surface area contributed by atoms with Crippen LogP contribution in [0, 0.1) is 19.8 Å². The maximum Gasteiger partial charge on any atom is 0.212 e. The fourth-order valence-electron chi connectivity index (χ4n) is 2.35. The molecule has 1 aliphatic rings. The zero-order valence-electron chi connectivity index (χ0n) is 11.5. The Morgan fingerprint density at radius 3 is 2.84 bits per heavy atom. The molecule has 108 valence electrons. The van der Waals surface area contributed by atoms with E-state index in [4.69, 9.17) is 0 Å². The van der Waals surface area contributed by atoms with Gasteiger partial charge in [0.05, 0.1) is 5.75 Å². The molecule has 0 aromatic carbocycles. The summed E-state index contributed by atoms with van der Waals surface area (Å²) in [6, 6.07) is 2.06. The van der Waals surface area contributed by atoms with Gasteiger partial charge in [-0.3, -0.25) is 0 Å². The van der Waals surface area contributed by atoms with Gasteiger partial charge in [-0.15, -0.1) is 11.3 Å². The fourth-order valence-corrected chi connectivity index (χ4v) is 4.84. The van der Waals surface area contributed by atoms with E-state index in [1.54, 1.807) is 11.3 Å². The number of rotatable bonds is 5. The fraction of sp³-hybridized carbons (Fsp3) is 0.692. The van der Waals surface area contributed by atoms with Crippen LogP contribution in [-0.4, -0.2) is 27.3 Å². The standard InChI is InChI=1S/C13H22N2O2S2/c1-10-6-13(18-11(10)2)8-15-19(16,17)9-12-4-3-5-14-7-12/h6,12,14-15H,3-5,7-9H2,1-2H3. The summed E-state index contributed by atoms with van der Waals surface area (Å²) >= 11 is 1.66. The average molecular weight is 302 g/mol. The molecule has 1 aliphatic heterocycles. The van der Waals surface area contributed by atoms with Gasteiger partial charge in [0.15, 0.2) is 0 Å². The van der Waals surface area contributed by atoms with Crippen molar-refractivity contribution in [2.75, 3.05) is 18.8 Å². The van der Waals surface area contributed by atoms with Crippen molar-refractivity contribution in [3.63, 3.8) is 0 Å². The van der Waals surface area contributed by atoms with Gasteiger partial charge in [0.1, 0.15) is 0 Å². The van der Waals surface area contributed by atoms with E-state index in [-0.39, 0.29) is 11.7 Å². The molecule has 2 heterocycles. The van der Waals surface area contributed by atoms with Crippen LogP contribution in [0.15, 0.2) is 6.07 Å². The third-order valence-electron chi connectivity index (χ3n) is 3.54. The molecular weight excluding hydrogens is 280 g/mol. The number of nitrogens with one attached hydrogen (secondary N) is 2. The van der Waals surface area contributed by atoms with Gasteiger partial charge in [0.2, 0.25) is 10.0 Å². The number of piperidine rings is 1. The number of aryl methyl sites for hydroxylation is 2. The summed E-state index contributed by atoms with van der Waals surface area (Å²) in [6.45, 7) is 6.36. The van der Waals surface area contributed by atoms with Crippen molar-refractivity contribution in [2.24, 2.45) is 5.92 Å². The molecule has 0 aliphatic carbocycles. The van der Waals surface area contributed by atoms with Crippen LogP contribution in [-0.2, 0) is 16.6 Å². The third-order valence-corrected chi connectivity index (χ3v) is 6.18. The maximum absolute atomic E-state index is 12.0. The highest BCUT2D eigenvalue weighted by atomic mass is 32.2. The first-order valence-electron chi connectivity index (χ1n) is 6.70. The van der Waals surface area contributed by atoms with Gasteiger partial charge in [0, 0.05) is 16.3 Å². The first kappa shape index (κ1) is 15.0. The van der Waals surface area contributed by atoms with Crippen LogP contribution >= 0.6 is 11.3 Å². The molecular formula is C13H22N2O2S2. The van der Waals surface area contributed by atoms with Crippen LogP contribution in [0.2, 0.25) is 0 Å². The highest BCUT2D eigenvalue weighted by molar-refractivity contribution is 7.89. The van der Waals surface area contributed by atoms with E-state index in [9.17, 15) is 8.42 Å². The van der Waals surface area contributed by atoms with E-state index >= 15 is 0 Å². The highest BCUT2D eigenvalue weighted by Crippen LogP contribution is 2.20. The maximum atomic E-state index is 12.0. The van der Waals surface area contributed by atoms with Gasteiger partial charge < -0.3 is 5.32 Å². The van der Waals surface area contributed by atoms with Crippen molar-refractivity contribution in [3.8, 4) is 0 Å². The van der Waals surface area contributed by atoms with Crippen LogP contribution in [0.4, 0.5) is 0 Å². The summed E-state index contributed by atoms with van der Waals surface area (Å²) in [6.07, 6.45) is 2.08. The predicted octanol–water partition coefficient (Wildman–Crippen LogP) is 1.78. The summed E-state index contributed by atoms with van der Waals surface area (Å²) in [7, 11) is -3.17. The Morgan fingerprint density at radius 1 is 1.47 bits per heavy atom. The van der Waals surface area contributed by atoms with Crippen LogP contribution in [0.25, 0.3) is 0 Å². The summed E-state index contributed by atoms with van der Waals surface area (Å²) in [5, 5.41) is 3.25. The molecule has 0 spiro atoms. The highest BCUT2D eigenvalue weighted by Gasteiger charge is 2.21. The summed E-state index contributed by atoms with van der Waals surface area (Å²) < 4.78 is 26.8. The Morgan fingerprint density at radius 2 is 2.26 bits per heavy atom. The zero-order valence-corrected chi connectivity index (χ0v) is 13.2. The quantitative estimate of drug-likeness (QED) is 0.872. The Hall–Kier alpha value is -0.430. The lowest BCUT2D eigenvalue weighted by Crippen LogP contribution is -2.37. The van der Waals surface area contributed by atoms with E-state index in [0.717, 1.165) is 30.8 Å². The molecule has 0 amide bonds. The van der Waals surface area contributed by atoms with Crippen LogP contribution in [0.1, 0.15) is 28.2 Å². The van der Waals surface area contributed by atoms with Crippen LogP contribution in [0.5, 0.6) is 0 Å². The molecule has 0 saturated carbocycles. The average Bonchev–Trinajstić information content (AvgIpc) is 2.67. The van der Waals surface area contributed by atoms with Crippen molar-refractivity contribution in [1.29, 1.82) is 0 Å². The Kier molecular flexibility index (Phi) is 5.00. The van der Waals surface area contributed by atoms with Gasteiger partial charge in [-0.05, 0) is 57.3 Å². The van der Waals surface area contributed by atoms with Crippen molar-refractivity contribution in [2.45, 2.75) is 33.2 Å². The zero-order chi connectivity index (χ0) is 13.9. The van der Waals surface area contributed by atoms with E-state index in [0.29, 0.717) is 6.54 Å². The SMILES string of the molecule is Cc1cc(CNS(=O)(=O)CC2CCCNC2)sc1C. The van der Waals surface area contributed by atoms with E-state index in [1.807, 2.05) is 0 Å². The predicted molar refractivity (Wildman–Crippen MR) is 80.0 cm³/mol. The minimum atomic E-state index is -3.17. The van der Waals surface area contributed by atoms with Gasteiger partial charge in [-0.2, -0.15) is 0 Å². The normalized spacial score (nSPS) is 20.6. The van der Waals surface area contributed by atoms with Crippen molar-refractivity contribution in [3.05, 3.63) is 21.4 Å². The van der Waals surface area contributed by atoms with E-state index in [2.05, 4.69) is 30.0 Å². The number of thiophene rings is 1. The van der Waals surface area contributed by atoms with Gasteiger partial charge in [-0.25, -0.2) is 13.1 Å². The van der Waals surface area contributed by atoms with Crippen LogP contribution < -0.4 is 10.0 Å². The van der Waals surface area contributed by atoms with Gasteiger partial charge >= 0.3 is 0 Å². The first-order chi connectivity index (χ1) is 8.96. The molecule has 1 aromatic rings. The van der Waals surface area contributed by atoms with Gasteiger partial charge in [-0.1, -0.05) is 0 Å². The van der Waals surface area contributed by atoms with Crippen molar-refractivity contribution in [1.82, 2.24) is 10.0 Å². The molecule has 19 heavy (non-hydrogen) atoms. The van der Waals surface area contributed by atoms with Crippen LogP contribution in [0.3, 0.4) is 0 Å². The molecule has 1 aromatic heterocycles. The van der Waals surface area contributed by atoms with Crippen molar-refractivity contribution < 1.29 is 8.42 Å². The minimum Gasteiger partial charge on any atom is -0.316 e. The number of sulfonamides is 1. The summed E-state index contributed by atoms with van der Waals surface area (Å²) in [5.74, 6) is 0.488. The monoisotopic (exact) mass is 302 g/mol. The molecule has 1 saturated heterocycles. The lowest BCUT2D eigenvalue weighted by atomic mass is 10.0. The molecule has 1 unspecified atom stereocenters. The van der Waals surface area contributed by atoms with Crippen molar-refractivity contribution >= 4 is 21.4 Å². The Bertz CT molecular complexity index is 497. The lowest BCUT2D eigenvalue weighted by Gasteiger charge is -2.22. The molecule has 4 nitrogen and oxygen atoms in total. The molecule has 1 atom stereocenters. The minimum absolute atomic E-state index is 0.239. The van der Waals surface area contributed by atoms with E-state index < -0.39 is 10.0 Å². The Balaban J connectivity index is 1.86. The molecule has 6 heteroatoms. The number of hydrogen-bond acceptors (Lipinski definition) is 4. The molecule has 2 rings (SSSR count). The smallest absolute Gasteiger partial charge is 0.212 e. The first-order valence-corrected chi connectivity index (χ1v) is 9.17. The summed E-state index contributed by atoms with van der Waals surface area (Å²) in [4.78, 5) is 2.34. The third kappa shape index (κ3) is 4.56.